The van der Waals surface area contributed by atoms with Crippen LogP contribution in [0.2, 0.25) is 5.02 Å². The molecule has 0 aliphatic heterocycles. The van der Waals surface area contributed by atoms with Crippen molar-refractivity contribution in [2.75, 3.05) is 11.1 Å². The van der Waals surface area contributed by atoms with Gasteiger partial charge in [0.1, 0.15) is 0 Å². The summed E-state index contributed by atoms with van der Waals surface area (Å²) in [5.41, 5.74) is 2.37. The van der Waals surface area contributed by atoms with Crippen LogP contribution in [-0.2, 0) is 6.54 Å². The van der Waals surface area contributed by atoms with Gasteiger partial charge >= 0.3 is 0 Å². The number of halogens is 2. The Hall–Kier alpha value is -0.640. The third kappa shape index (κ3) is 4.16. The first kappa shape index (κ1) is 14.8. The van der Waals surface area contributed by atoms with E-state index in [1.54, 1.807) is 0 Å². The van der Waals surface area contributed by atoms with E-state index in [1.807, 2.05) is 30.0 Å². The van der Waals surface area contributed by atoms with Crippen LogP contribution < -0.4 is 5.32 Å². The zero-order chi connectivity index (χ0) is 13.7. The number of nitrogens with one attached hydrogen (secondary N) is 1. The molecule has 0 fully saturated rings. The number of anilines is 1. The van der Waals surface area contributed by atoms with Crippen molar-refractivity contribution >= 4 is 45.0 Å². The van der Waals surface area contributed by atoms with E-state index in [9.17, 15) is 0 Å². The van der Waals surface area contributed by atoms with Gasteiger partial charge in [0.2, 0.25) is 0 Å². The Morgan fingerprint density at radius 2 is 2.00 bits per heavy atom. The molecule has 100 valence electrons. The summed E-state index contributed by atoms with van der Waals surface area (Å²) in [6.07, 6.45) is 0. The topological polar surface area (TPSA) is 12.0 Å². The molecule has 0 spiro atoms. The smallest absolute Gasteiger partial charge is 0.0481 e. The maximum Gasteiger partial charge on any atom is 0.0481 e. The summed E-state index contributed by atoms with van der Waals surface area (Å²) in [5, 5.41) is 4.23. The standard InChI is InChI=1S/C15H15BrClNS/c1-2-19-15-6-4-3-5-14(15)18-10-11-7-8-12(17)9-13(11)16/h3-9,18H,2,10H2,1H3. The van der Waals surface area contributed by atoms with Gasteiger partial charge < -0.3 is 5.32 Å². The fourth-order valence-electron chi connectivity index (χ4n) is 1.75. The van der Waals surface area contributed by atoms with Crippen molar-refractivity contribution in [2.45, 2.75) is 18.4 Å². The molecule has 0 heterocycles. The van der Waals surface area contributed by atoms with Gasteiger partial charge in [-0.25, -0.2) is 0 Å². The van der Waals surface area contributed by atoms with Gasteiger partial charge in [0, 0.05) is 26.6 Å². The van der Waals surface area contributed by atoms with Crippen LogP contribution in [0.3, 0.4) is 0 Å². The summed E-state index contributed by atoms with van der Waals surface area (Å²) in [5.74, 6) is 1.07. The molecular weight excluding hydrogens is 342 g/mol. The second kappa shape index (κ2) is 7.22. The molecular formula is C15H15BrClNS. The van der Waals surface area contributed by atoms with Crippen LogP contribution in [-0.4, -0.2) is 5.75 Å². The molecule has 0 amide bonds. The van der Waals surface area contributed by atoms with E-state index in [2.05, 4.69) is 52.4 Å². The van der Waals surface area contributed by atoms with Gasteiger partial charge in [-0.15, -0.1) is 11.8 Å². The van der Waals surface area contributed by atoms with Gasteiger partial charge in [-0.05, 0) is 35.6 Å². The number of benzene rings is 2. The Morgan fingerprint density at radius 1 is 1.21 bits per heavy atom. The number of hydrogen-bond acceptors (Lipinski definition) is 2. The van der Waals surface area contributed by atoms with Gasteiger partial charge in [-0.3, -0.25) is 0 Å². The quantitative estimate of drug-likeness (QED) is 0.677. The first-order chi connectivity index (χ1) is 9.20. The van der Waals surface area contributed by atoms with Crippen molar-refractivity contribution in [1.29, 1.82) is 0 Å². The molecule has 1 N–H and O–H groups in total. The van der Waals surface area contributed by atoms with Crippen molar-refractivity contribution in [2.24, 2.45) is 0 Å². The maximum atomic E-state index is 5.95. The van der Waals surface area contributed by atoms with E-state index in [4.69, 9.17) is 11.6 Å². The van der Waals surface area contributed by atoms with Crippen LogP contribution >= 0.6 is 39.3 Å². The summed E-state index contributed by atoms with van der Waals surface area (Å²) in [6, 6.07) is 14.3. The predicted molar refractivity (Wildman–Crippen MR) is 89.3 cm³/mol. The Labute approximate surface area is 131 Å². The summed E-state index contributed by atoms with van der Waals surface area (Å²) in [6.45, 7) is 2.94. The zero-order valence-corrected chi connectivity index (χ0v) is 13.8. The van der Waals surface area contributed by atoms with Crippen molar-refractivity contribution in [3.05, 3.63) is 57.5 Å². The molecule has 1 nitrogen and oxygen atoms in total. The second-order valence-corrected chi connectivity index (χ2v) is 6.62. The van der Waals surface area contributed by atoms with Crippen molar-refractivity contribution in [3.63, 3.8) is 0 Å². The molecule has 0 radical (unpaired) electrons. The minimum atomic E-state index is 0.748. The van der Waals surface area contributed by atoms with E-state index in [-0.39, 0.29) is 0 Å². The molecule has 19 heavy (non-hydrogen) atoms. The lowest BCUT2D eigenvalue weighted by Crippen LogP contribution is -2.01. The molecule has 0 atom stereocenters. The highest BCUT2D eigenvalue weighted by molar-refractivity contribution is 9.10. The van der Waals surface area contributed by atoms with Crippen LogP contribution in [0, 0.1) is 0 Å². The monoisotopic (exact) mass is 355 g/mol. The summed E-state index contributed by atoms with van der Waals surface area (Å²) >= 11 is 11.3. The maximum absolute atomic E-state index is 5.95. The van der Waals surface area contributed by atoms with E-state index in [0.29, 0.717) is 0 Å². The number of rotatable bonds is 5. The van der Waals surface area contributed by atoms with Gasteiger partial charge in [-0.1, -0.05) is 52.7 Å². The number of hydrogen-bond donors (Lipinski definition) is 1. The first-order valence-electron chi connectivity index (χ1n) is 6.10. The summed E-state index contributed by atoms with van der Waals surface area (Å²) in [7, 11) is 0. The fourth-order valence-corrected chi connectivity index (χ4v) is 3.35. The predicted octanol–water partition coefficient (Wildman–Crippen LogP) is 5.83. The van der Waals surface area contributed by atoms with Crippen LogP contribution in [0.25, 0.3) is 0 Å². The van der Waals surface area contributed by atoms with Crippen LogP contribution in [0.15, 0.2) is 51.8 Å². The van der Waals surface area contributed by atoms with E-state index < -0.39 is 0 Å². The van der Waals surface area contributed by atoms with Crippen molar-refractivity contribution in [1.82, 2.24) is 0 Å². The number of thioether (sulfide) groups is 1. The molecule has 2 aromatic carbocycles. The molecule has 0 aromatic heterocycles. The van der Waals surface area contributed by atoms with Crippen molar-refractivity contribution < 1.29 is 0 Å². The van der Waals surface area contributed by atoms with E-state index in [0.717, 1.165) is 21.8 Å². The zero-order valence-electron chi connectivity index (χ0n) is 10.6. The molecule has 0 saturated heterocycles. The first-order valence-corrected chi connectivity index (χ1v) is 8.26. The van der Waals surface area contributed by atoms with Gasteiger partial charge in [0.15, 0.2) is 0 Å². The van der Waals surface area contributed by atoms with Gasteiger partial charge in [-0.2, -0.15) is 0 Å². The molecule has 0 aliphatic rings. The Bertz CT molecular complexity index is 560. The summed E-state index contributed by atoms with van der Waals surface area (Å²) in [4.78, 5) is 1.29. The summed E-state index contributed by atoms with van der Waals surface area (Å²) < 4.78 is 1.04. The van der Waals surface area contributed by atoms with E-state index >= 15 is 0 Å². The minimum absolute atomic E-state index is 0.748. The Morgan fingerprint density at radius 3 is 2.74 bits per heavy atom. The molecule has 0 aliphatic carbocycles. The van der Waals surface area contributed by atoms with E-state index in [1.165, 1.54) is 16.1 Å². The highest BCUT2D eigenvalue weighted by Crippen LogP contribution is 2.28. The highest BCUT2D eigenvalue weighted by atomic mass is 79.9. The molecule has 0 unspecified atom stereocenters. The Kier molecular flexibility index (Phi) is 5.61. The highest BCUT2D eigenvalue weighted by Gasteiger charge is 2.04. The van der Waals surface area contributed by atoms with Crippen molar-refractivity contribution in [3.8, 4) is 0 Å². The molecule has 0 saturated carbocycles. The lowest BCUT2D eigenvalue weighted by molar-refractivity contribution is 1.12. The van der Waals surface area contributed by atoms with Gasteiger partial charge in [0.25, 0.3) is 0 Å². The average Bonchev–Trinajstić information content (AvgIpc) is 2.40. The van der Waals surface area contributed by atoms with Crippen LogP contribution in [0.5, 0.6) is 0 Å². The molecule has 4 heteroatoms. The largest absolute Gasteiger partial charge is 0.380 e. The van der Waals surface area contributed by atoms with Crippen LogP contribution in [0.1, 0.15) is 12.5 Å². The average molecular weight is 357 g/mol. The minimum Gasteiger partial charge on any atom is -0.380 e. The second-order valence-electron chi connectivity index (χ2n) is 4.02. The van der Waals surface area contributed by atoms with Crippen LogP contribution in [0.4, 0.5) is 5.69 Å². The fraction of sp³-hybridized carbons (Fsp3) is 0.200. The van der Waals surface area contributed by atoms with Gasteiger partial charge in [0.05, 0.1) is 0 Å². The lowest BCUT2D eigenvalue weighted by Gasteiger charge is -2.12. The molecule has 2 rings (SSSR count). The normalized spacial score (nSPS) is 10.5. The SMILES string of the molecule is CCSc1ccccc1NCc1ccc(Cl)cc1Br. The number of para-hydroxylation sites is 1. The third-order valence-corrected chi connectivity index (χ3v) is 4.60. The molecule has 0 bridgehead atoms. The Balaban J connectivity index is 2.10. The lowest BCUT2D eigenvalue weighted by atomic mass is 10.2. The molecule has 2 aromatic rings. The third-order valence-electron chi connectivity index (χ3n) is 2.67.